The SMILES string of the molecule is O=C1C[C@H](NCCCN2CCN(c3ccc(F)cc3)CC2)C(=O)N1c1ccc(Cl)cc1. The van der Waals surface area contributed by atoms with Crippen molar-refractivity contribution in [1.82, 2.24) is 10.2 Å². The van der Waals surface area contributed by atoms with Gasteiger partial charge in [-0.3, -0.25) is 14.5 Å². The summed E-state index contributed by atoms with van der Waals surface area (Å²) >= 11 is 5.89. The van der Waals surface area contributed by atoms with E-state index in [4.69, 9.17) is 11.6 Å². The predicted octanol–water partition coefficient (Wildman–Crippen LogP) is 2.91. The first-order chi connectivity index (χ1) is 15.0. The van der Waals surface area contributed by atoms with E-state index >= 15 is 0 Å². The topological polar surface area (TPSA) is 55.9 Å². The van der Waals surface area contributed by atoms with E-state index in [1.165, 1.54) is 17.0 Å². The molecule has 2 saturated heterocycles. The minimum absolute atomic E-state index is 0.178. The van der Waals surface area contributed by atoms with Crippen LogP contribution in [0.15, 0.2) is 48.5 Å². The zero-order chi connectivity index (χ0) is 21.8. The van der Waals surface area contributed by atoms with Crippen molar-refractivity contribution >= 4 is 34.8 Å². The molecule has 31 heavy (non-hydrogen) atoms. The summed E-state index contributed by atoms with van der Waals surface area (Å²) in [6, 6.07) is 12.9. The van der Waals surface area contributed by atoms with Crippen molar-refractivity contribution in [3.63, 3.8) is 0 Å². The highest BCUT2D eigenvalue weighted by Gasteiger charge is 2.39. The van der Waals surface area contributed by atoms with E-state index in [1.54, 1.807) is 24.3 Å². The maximum Gasteiger partial charge on any atom is 0.251 e. The van der Waals surface area contributed by atoms with Gasteiger partial charge in [0.15, 0.2) is 0 Å². The Morgan fingerprint density at radius 2 is 1.58 bits per heavy atom. The molecule has 1 N–H and O–H groups in total. The van der Waals surface area contributed by atoms with Crippen LogP contribution in [0, 0.1) is 5.82 Å². The fourth-order valence-electron chi connectivity index (χ4n) is 4.11. The van der Waals surface area contributed by atoms with Crippen LogP contribution in [0.5, 0.6) is 0 Å². The van der Waals surface area contributed by atoms with Crippen molar-refractivity contribution in [2.24, 2.45) is 0 Å². The first kappa shape index (κ1) is 21.7. The van der Waals surface area contributed by atoms with Crippen molar-refractivity contribution in [2.75, 3.05) is 49.1 Å². The van der Waals surface area contributed by atoms with Crippen LogP contribution in [-0.4, -0.2) is 62.0 Å². The summed E-state index contributed by atoms with van der Waals surface area (Å²) in [4.78, 5) is 30.9. The van der Waals surface area contributed by atoms with E-state index in [9.17, 15) is 14.0 Å². The molecule has 0 saturated carbocycles. The molecule has 0 spiro atoms. The molecular formula is C23H26ClFN4O2. The molecule has 8 heteroatoms. The lowest BCUT2D eigenvalue weighted by atomic mass is 10.2. The Labute approximate surface area is 186 Å². The molecule has 0 aliphatic carbocycles. The summed E-state index contributed by atoms with van der Waals surface area (Å²) in [5, 5.41) is 3.81. The number of hydrogen-bond acceptors (Lipinski definition) is 5. The van der Waals surface area contributed by atoms with Gasteiger partial charge in [-0.05, 0) is 68.0 Å². The van der Waals surface area contributed by atoms with E-state index in [0.29, 0.717) is 17.3 Å². The summed E-state index contributed by atoms with van der Waals surface area (Å²) < 4.78 is 13.1. The summed E-state index contributed by atoms with van der Waals surface area (Å²) in [5.74, 6) is -0.615. The fourth-order valence-corrected chi connectivity index (χ4v) is 4.24. The average Bonchev–Trinajstić information content (AvgIpc) is 3.06. The van der Waals surface area contributed by atoms with Gasteiger partial charge < -0.3 is 10.2 Å². The number of hydrogen-bond donors (Lipinski definition) is 1. The summed E-state index contributed by atoms with van der Waals surface area (Å²) in [6.07, 6.45) is 1.08. The first-order valence-corrected chi connectivity index (χ1v) is 11.0. The molecule has 2 fully saturated rings. The molecule has 2 amide bonds. The monoisotopic (exact) mass is 444 g/mol. The summed E-state index contributed by atoms with van der Waals surface area (Å²) in [6.45, 7) is 5.32. The van der Waals surface area contributed by atoms with Crippen LogP contribution in [0.1, 0.15) is 12.8 Å². The maximum absolute atomic E-state index is 13.1. The Kier molecular flexibility index (Phi) is 6.85. The lowest BCUT2D eigenvalue weighted by Crippen LogP contribution is -2.47. The van der Waals surface area contributed by atoms with Crippen molar-refractivity contribution in [1.29, 1.82) is 0 Å². The average molecular weight is 445 g/mol. The van der Waals surface area contributed by atoms with Crippen LogP contribution < -0.4 is 15.1 Å². The molecule has 0 unspecified atom stereocenters. The largest absolute Gasteiger partial charge is 0.369 e. The molecular weight excluding hydrogens is 419 g/mol. The molecule has 1 atom stereocenters. The number of benzene rings is 2. The number of amides is 2. The number of carbonyl (C=O) groups is 2. The quantitative estimate of drug-likeness (QED) is 0.525. The molecule has 164 valence electrons. The highest BCUT2D eigenvalue weighted by molar-refractivity contribution is 6.30. The van der Waals surface area contributed by atoms with E-state index in [0.717, 1.165) is 44.8 Å². The lowest BCUT2D eigenvalue weighted by molar-refractivity contribution is -0.121. The molecule has 2 aromatic rings. The zero-order valence-corrected chi connectivity index (χ0v) is 18.0. The number of anilines is 2. The van der Waals surface area contributed by atoms with Gasteiger partial charge in [0.25, 0.3) is 5.91 Å². The number of carbonyl (C=O) groups excluding carboxylic acids is 2. The molecule has 2 heterocycles. The smallest absolute Gasteiger partial charge is 0.251 e. The van der Waals surface area contributed by atoms with E-state index in [1.807, 2.05) is 12.1 Å². The van der Waals surface area contributed by atoms with Crippen molar-refractivity contribution in [3.8, 4) is 0 Å². The van der Waals surface area contributed by atoms with Gasteiger partial charge in [-0.15, -0.1) is 0 Å². The van der Waals surface area contributed by atoms with E-state index in [-0.39, 0.29) is 24.1 Å². The summed E-state index contributed by atoms with van der Waals surface area (Å²) in [7, 11) is 0. The Morgan fingerprint density at radius 1 is 0.935 bits per heavy atom. The van der Waals surface area contributed by atoms with Gasteiger partial charge in [-0.25, -0.2) is 9.29 Å². The van der Waals surface area contributed by atoms with Crippen LogP contribution in [0.25, 0.3) is 0 Å². The minimum atomic E-state index is -0.474. The predicted molar refractivity (Wildman–Crippen MR) is 120 cm³/mol. The van der Waals surface area contributed by atoms with E-state index in [2.05, 4.69) is 15.1 Å². The van der Waals surface area contributed by atoms with Gasteiger partial charge in [0, 0.05) is 36.9 Å². The third kappa shape index (κ3) is 5.23. The van der Waals surface area contributed by atoms with E-state index < -0.39 is 6.04 Å². The van der Waals surface area contributed by atoms with Crippen molar-refractivity contribution in [3.05, 3.63) is 59.4 Å². The van der Waals surface area contributed by atoms with Crippen molar-refractivity contribution < 1.29 is 14.0 Å². The molecule has 4 rings (SSSR count). The highest BCUT2D eigenvalue weighted by Crippen LogP contribution is 2.24. The maximum atomic E-state index is 13.1. The first-order valence-electron chi connectivity index (χ1n) is 10.6. The highest BCUT2D eigenvalue weighted by atomic mass is 35.5. The third-order valence-corrected chi connectivity index (χ3v) is 6.09. The van der Waals surface area contributed by atoms with Crippen LogP contribution in [0.3, 0.4) is 0 Å². The number of nitrogens with one attached hydrogen (secondary N) is 1. The Balaban J connectivity index is 1.18. The van der Waals surface area contributed by atoms with Crippen LogP contribution in [0.2, 0.25) is 5.02 Å². The molecule has 0 radical (unpaired) electrons. The molecule has 0 bridgehead atoms. The summed E-state index contributed by atoms with van der Waals surface area (Å²) in [5.41, 5.74) is 1.61. The van der Waals surface area contributed by atoms with Gasteiger partial charge in [0.1, 0.15) is 5.82 Å². The normalized spacial score (nSPS) is 20.0. The lowest BCUT2D eigenvalue weighted by Gasteiger charge is -2.36. The number of rotatable bonds is 7. The standard InChI is InChI=1S/C23H26ClFN4O2/c24-17-2-6-20(7-3-17)29-22(30)16-21(23(29)31)26-10-1-11-27-12-14-28(15-13-27)19-8-4-18(25)5-9-19/h2-9,21,26H,1,10-16H2/t21-/m0/s1. The van der Waals surface area contributed by atoms with Gasteiger partial charge in [-0.2, -0.15) is 0 Å². The zero-order valence-electron chi connectivity index (χ0n) is 17.3. The second-order valence-corrected chi connectivity index (χ2v) is 8.35. The molecule has 2 aliphatic rings. The number of imide groups is 1. The number of halogens is 2. The van der Waals surface area contributed by atoms with Gasteiger partial charge in [0.2, 0.25) is 5.91 Å². The minimum Gasteiger partial charge on any atom is -0.369 e. The molecule has 6 nitrogen and oxygen atoms in total. The Morgan fingerprint density at radius 3 is 2.26 bits per heavy atom. The van der Waals surface area contributed by atoms with Gasteiger partial charge in [-0.1, -0.05) is 11.6 Å². The van der Waals surface area contributed by atoms with Crippen molar-refractivity contribution in [2.45, 2.75) is 18.9 Å². The Hall–Kier alpha value is -2.48. The number of nitrogens with zero attached hydrogens (tertiary/aromatic N) is 3. The van der Waals surface area contributed by atoms with Gasteiger partial charge in [0.05, 0.1) is 18.2 Å². The molecule has 2 aromatic carbocycles. The van der Waals surface area contributed by atoms with Crippen LogP contribution in [-0.2, 0) is 9.59 Å². The fraction of sp³-hybridized carbons (Fsp3) is 0.391. The second kappa shape index (κ2) is 9.77. The Bertz CT molecular complexity index is 914. The van der Waals surface area contributed by atoms with Gasteiger partial charge >= 0.3 is 0 Å². The van der Waals surface area contributed by atoms with Crippen LogP contribution in [0.4, 0.5) is 15.8 Å². The molecule has 0 aromatic heterocycles. The molecule has 2 aliphatic heterocycles. The third-order valence-electron chi connectivity index (χ3n) is 5.84. The van der Waals surface area contributed by atoms with Crippen LogP contribution >= 0.6 is 11.6 Å². The number of piperazine rings is 1. The second-order valence-electron chi connectivity index (χ2n) is 7.91.